The average Bonchev–Trinajstić information content (AvgIpc) is 2.94. The van der Waals surface area contributed by atoms with Crippen LogP contribution in [0, 0.1) is 13.8 Å². The Balaban J connectivity index is 1.80. The first-order chi connectivity index (χ1) is 13.0. The van der Waals surface area contributed by atoms with E-state index in [1.807, 2.05) is 32.0 Å². The molecule has 0 saturated heterocycles. The minimum Gasteiger partial charge on any atom is -0.358 e. The fourth-order valence-electron chi connectivity index (χ4n) is 2.88. The van der Waals surface area contributed by atoms with Crippen molar-refractivity contribution in [1.82, 2.24) is 14.0 Å². The molecule has 0 radical (unpaired) electrons. The van der Waals surface area contributed by atoms with Crippen molar-refractivity contribution in [3.8, 4) is 0 Å². The third-order valence-electron chi connectivity index (χ3n) is 4.75. The molecule has 0 aliphatic carbocycles. The molecule has 0 fully saturated rings. The predicted molar refractivity (Wildman–Crippen MR) is 109 cm³/mol. The van der Waals surface area contributed by atoms with E-state index in [9.17, 15) is 16.8 Å². The second-order valence-corrected chi connectivity index (χ2v) is 10.8. The summed E-state index contributed by atoms with van der Waals surface area (Å²) in [6.45, 7) is 4.16. The van der Waals surface area contributed by atoms with E-state index >= 15 is 0 Å². The van der Waals surface area contributed by atoms with Crippen molar-refractivity contribution in [3.05, 3.63) is 59.3 Å². The van der Waals surface area contributed by atoms with Crippen molar-refractivity contribution in [2.75, 3.05) is 14.1 Å². The Morgan fingerprint density at radius 1 is 0.929 bits per heavy atom. The molecule has 0 bridgehead atoms. The van der Waals surface area contributed by atoms with Gasteiger partial charge in [0, 0.05) is 37.2 Å². The summed E-state index contributed by atoms with van der Waals surface area (Å²) in [5, 5.41) is 1.06. The maximum absolute atomic E-state index is 12.6. The van der Waals surface area contributed by atoms with Crippen LogP contribution >= 0.6 is 0 Å². The van der Waals surface area contributed by atoms with Crippen LogP contribution in [-0.4, -0.2) is 40.2 Å². The Labute approximate surface area is 165 Å². The summed E-state index contributed by atoms with van der Waals surface area (Å²) in [4.78, 5) is 3.34. The summed E-state index contributed by atoms with van der Waals surface area (Å²) < 4.78 is 53.0. The number of H-pyrrole nitrogens is 1. The number of hydrogen-bond donors (Lipinski definition) is 2. The predicted octanol–water partition coefficient (Wildman–Crippen LogP) is 2.51. The molecule has 150 valence electrons. The second kappa shape index (κ2) is 7.32. The fraction of sp³-hybridized carbons (Fsp3) is 0.263. The van der Waals surface area contributed by atoms with Crippen LogP contribution in [0.15, 0.2) is 52.3 Å². The molecular formula is C19H23N3O4S2. The number of benzene rings is 2. The van der Waals surface area contributed by atoms with Crippen molar-refractivity contribution in [2.45, 2.75) is 30.2 Å². The molecule has 0 aliphatic rings. The molecule has 0 amide bonds. The third kappa shape index (κ3) is 3.83. The number of hydrogen-bond acceptors (Lipinski definition) is 4. The van der Waals surface area contributed by atoms with Gasteiger partial charge in [0.2, 0.25) is 20.0 Å². The van der Waals surface area contributed by atoms with E-state index in [0.717, 1.165) is 32.0 Å². The van der Waals surface area contributed by atoms with Gasteiger partial charge in [-0.15, -0.1) is 0 Å². The number of aromatic amines is 1. The molecule has 28 heavy (non-hydrogen) atoms. The van der Waals surface area contributed by atoms with E-state index < -0.39 is 20.0 Å². The third-order valence-corrected chi connectivity index (χ3v) is 8.00. The number of rotatable bonds is 6. The number of sulfonamides is 2. The zero-order valence-electron chi connectivity index (χ0n) is 16.1. The first-order valence-corrected chi connectivity index (χ1v) is 11.5. The molecule has 0 saturated carbocycles. The lowest BCUT2D eigenvalue weighted by atomic mass is 10.1. The second-order valence-electron chi connectivity index (χ2n) is 6.84. The number of aromatic nitrogens is 1. The molecule has 3 rings (SSSR count). The Morgan fingerprint density at radius 3 is 2.14 bits per heavy atom. The van der Waals surface area contributed by atoms with Crippen LogP contribution in [0.5, 0.6) is 0 Å². The topological polar surface area (TPSA) is 99.3 Å². The number of nitrogens with one attached hydrogen (secondary N) is 2. The van der Waals surface area contributed by atoms with Gasteiger partial charge in [-0.3, -0.25) is 0 Å². The van der Waals surface area contributed by atoms with Crippen LogP contribution in [0.25, 0.3) is 10.9 Å². The normalized spacial score (nSPS) is 12.8. The van der Waals surface area contributed by atoms with Gasteiger partial charge in [-0.25, -0.2) is 25.9 Å². The smallest absolute Gasteiger partial charge is 0.242 e. The molecule has 7 nitrogen and oxygen atoms in total. The SMILES string of the molecule is Cc1[nH]c2ccc(CNS(=O)(=O)c3ccc(S(=O)(=O)N(C)C)cc3)cc2c1C. The van der Waals surface area contributed by atoms with Gasteiger partial charge in [-0.2, -0.15) is 0 Å². The van der Waals surface area contributed by atoms with E-state index in [-0.39, 0.29) is 16.3 Å². The van der Waals surface area contributed by atoms with Crippen LogP contribution in [-0.2, 0) is 26.6 Å². The van der Waals surface area contributed by atoms with Crippen LogP contribution < -0.4 is 4.72 Å². The standard InChI is InChI=1S/C19H23N3O4S2/c1-13-14(2)21-19-10-5-15(11-18(13)19)12-20-27(23,24)16-6-8-17(9-7-16)28(25,26)22(3)4/h5-11,20-21H,12H2,1-4H3. The minimum atomic E-state index is -3.77. The molecule has 2 N–H and O–H groups in total. The first-order valence-electron chi connectivity index (χ1n) is 8.62. The summed E-state index contributed by atoms with van der Waals surface area (Å²) in [7, 11) is -4.52. The van der Waals surface area contributed by atoms with Crippen molar-refractivity contribution >= 4 is 30.9 Å². The van der Waals surface area contributed by atoms with Crippen LogP contribution in [0.4, 0.5) is 0 Å². The van der Waals surface area contributed by atoms with Crippen molar-refractivity contribution in [3.63, 3.8) is 0 Å². The minimum absolute atomic E-state index is 0.0138. The number of aryl methyl sites for hydroxylation is 2. The molecule has 0 aliphatic heterocycles. The monoisotopic (exact) mass is 421 g/mol. The Bertz CT molecular complexity index is 1230. The highest BCUT2D eigenvalue weighted by atomic mass is 32.2. The average molecular weight is 422 g/mol. The summed E-state index contributed by atoms with van der Waals surface area (Å²) in [5.74, 6) is 0. The van der Waals surface area contributed by atoms with Gasteiger partial charge < -0.3 is 4.98 Å². The van der Waals surface area contributed by atoms with E-state index in [1.54, 1.807) is 0 Å². The van der Waals surface area contributed by atoms with E-state index in [2.05, 4.69) is 9.71 Å². The van der Waals surface area contributed by atoms with Crippen LogP contribution in [0.2, 0.25) is 0 Å². The summed E-state index contributed by atoms with van der Waals surface area (Å²) >= 11 is 0. The lowest BCUT2D eigenvalue weighted by molar-refractivity contribution is 0.520. The summed E-state index contributed by atoms with van der Waals surface area (Å²) in [6, 6.07) is 10.9. The molecule has 9 heteroatoms. The highest BCUT2D eigenvalue weighted by molar-refractivity contribution is 7.89. The maximum atomic E-state index is 12.6. The van der Waals surface area contributed by atoms with Gasteiger partial charge in [0.05, 0.1) is 9.79 Å². The van der Waals surface area contributed by atoms with Gasteiger partial charge >= 0.3 is 0 Å². The number of fused-ring (bicyclic) bond motifs is 1. The Hall–Kier alpha value is -2.20. The number of nitrogens with zero attached hydrogens (tertiary/aromatic N) is 1. The molecule has 0 atom stereocenters. The van der Waals surface area contributed by atoms with Crippen LogP contribution in [0.3, 0.4) is 0 Å². The molecule has 0 unspecified atom stereocenters. The maximum Gasteiger partial charge on any atom is 0.242 e. The molecule has 3 aromatic rings. The van der Waals surface area contributed by atoms with E-state index in [4.69, 9.17) is 0 Å². The van der Waals surface area contributed by atoms with Crippen molar-refractivity contribution in [2.24, 2.45) is 0 Å². The van der Waals surface area contributed by atoms with Gasteiger partial charge in [0.1, 0.15) is 0 Å². The Morgan fingerprint density at radius 2 is 1.54 bits per heavy atom. The quantitative estimate of drug-likeness (QED) is 0.639. The zero-order chi connectivity index (χ0) is 20.7. The largest absolute Gasteiger partial charge is 0.358 e. The lowest BCUT2D eigenvalue weighted by Crippen LogP contribution is -2.24. The molecular weight excluding hydrogens is 398 g/mol. The van der Waals surface area contributed by atoms with Gasteiger partial charge in [0.15, 0.2) is 0 Å². The Kier molecular flexibility index (Phi) is 5.37. The van der Waals surface area contributed by atoms with Crippen molar-refractivity contribution in [1.29, 1.82) is 0 Å². The van der Waals surface area contributed by atoms with E-state index in [0.29, 0.717) is 0 Å². The van der Waals surface area contributed by atoms with E-state index in [1.165, 1.54) is 38.4 Å². The van der Waals surface area contributed by atoms with Crippen LogP contribution in [0.1, 0.15) is 16.8 Å². The summed E-state index contributed by atoms with van der Waals surface area (Å²) in [5.41, 5.74) is 4.07. The molecule has 2 aromatic carbocycles. The fourth-order valence-corrected chi connectivity index (χ4v) is 4.80. The van der Waals surface area contributed by atoms with Crippen molar-refractivity contribution < 1.29 is 16.8 Å². The van der Waals surface area contributed by atoms with Gasteiger partial charge in [-0.05, 0) is 61.4 Å². The molecule has 0 spiro atoms. The highest BCUT2D eigenvalue weighted by Crippen LogP contribution is 2.23. The first kappa shape index (κ1) is 20.5. The van der Waals surface area contributed by atoms with Gasteiger partial charge in [-0.1, -0.05) is 6.07 Å². The lowest BCUT2D eigenvalue weighted by Gasteiger charge is -2.12. The zero-order valence-corrected chi connectivity index (χ0v) is 17.8. The molecule has 1 heterocycles. The highest BCUT2D eigenvalue weighted by Gasteiger charge is 2.19. The van der Waals surface area contributed by atoms with Gasteiger partial charge in [0.25, 0.3) is 0 Å². The summed E-state index contributed by atoms with van der Waals surface area (Å²) in [6.07, 6.45) is 0. The molecule has 1 aromatic heterocycles.